The van der Waals surface area contributed by atoms with Gasteiger partial charge in [0.25, 0.3) is 0 Å². The summed E-state index contributed by atoms with van der Waals surface area (Å²) in [6.45, 7) is 4.33. The maximum Gasteiger partial charge on any atom is 0.305 e. The van der Waals surface area contributed by atoms with E-state index in [-0.39, 0.29) is 18.5 Å². The smallest absolute Gasteiger partial charge is 0.305 e. The van der Waals surface area contributed by atoms with E-state index in [4.69, 9.17) is 14.2 Å². The van der Waals surface area contributed by atoms with Gasteiger partial charge >= 0.3 is 5.97 Å². The van der Waals surface area contributed by atoms with E-state index in [0.29, 0.717) is 19.4 Å². The highest BCUT2D eigenvalue weighted by molar-refractivity contribution is 5.76. The maximum atomic E-state index is 13.0. The number of aliphatic hydroxyl groups excluding tert-OH is 5. The number of carbonyl (C=O) groups excluding carboxylic acids is 2. The normalized spacial score (nSPS) is 17.8. The highest BCUT2D eigenvalue weighted by Gasteiger charge is 2.44. The largest absolute Gasteiger partial charge is 0.466 e. The van der Waals surface area contributed by atoms with E-state index < -0.39 is 49.5 Å². The lowest BCUT2D eigenvalue weighted by Crippen LogP contribution is -2.60. The Morgan fingerprint density at radius 1 is 0.398 bits per heavy atom. The van der Waals surface area contributed by atoms with Crippen LogP contribution in [0.25, 0.3) is 0 Å². The third kappa shape index (κ3) is 59.2. The second-order valence-electron chi connectivity index (χ2n) is 27.8. The minimum absolute atomic E-state index is 0.00894. The number of nitrogens with one attached hydrogen (secondary N) is 1. The number of carbonyl (C=O) groups is 2. The molecule has 0 aliphatic carbocycles. The quantitative estimate of drug-likeness (QED) is 0.0195. The van der Waals surface area contributed by atoms with Crippen molar-refractivity contribution in [1.82, 2.24) is 5.32 Å². The van der Waals surface area contributed by atoms with Crippen LogP contribution in [0.3, 0.4) is 0 Å². The lowest BCUT2D eigenvalue weighted by Gasteiger charge is -2.40. The maximum absolute atomic E-state index is 13.0. The van der Waals surface area contributed by atoms with Crippen LogP contribution in [0, 0.1) is 0 Å². The van der Waals surface area contributed by atoms with Crippen molar-refractivity contribution in [3.63, 3.8) is 0 Å². The zero-order valence-electron chi connectivity index (χ0n) is 60.7. The van der Waals surface area contributed by atoms with Crippen molar-refractivity contribution in [2.75, 3.05) is 19.8 Å². The first-order valence-electron chi connectivity index (χ1n) is 40.1. The van der Waals surface area contributed by atoms with Gasteiger partial charge in [-0.25, -0.2) is 0 Å². The molecule has 93 heavy (non-hydrogen) atoms. The molecule has 0 spiro atoms. The van der Waals surface area contributed by atoms with Crippen LogP contribution >= 0.6 is 0 Å². The van der Waals surface area contributed by atoms with Gasteiger partial charge in [0, 0.05) is 12.8 Å². The molecule has 7 unspecified atom stereocenters. The van der Waals surface area contributed by atoms with Gasteiger partial charge in [0.15, 0.2) is 6.29 Å². The molecule has 0 bridgehead atoms. The van der Waals surface area contributed by atoms with Crippen molar-refractivity contribution in [1.29, 1.82) is 0 Å². The Morgan fingerprint density at radius 3 is 1.11 bits per heavy atom. The Labute approximate surface area is 573 Å². The van der Waals surface area contributed by atoms with Crippen LogP contribution < -0.4 is 5.32 Å². The molecule has 0 radical (unpaired) electrons. The molecular formula is C82H151NO10. The molecule has 11 nitrogen and oxygen atoms in total. The van der Waals surface area contributed by atoms with Gasteiger partial charge in [0.1, 0.15) is 24.4 Å². The van der Waals surface area contributed by atoms with Crippen LogP contribution in [-0.4, -0.2) is 100 Å². The first-order valence-corrected chi connectivity index (χ1v) is 40.1. The summed E-state index contributed by atoms with van der Waals surface area (Å²) in [5.41, 5.74) is 0. The minimum atomic E-state index is -1.57. The second kappa shape index (κ2) is 70.7. The number of hydrogen-bond acceptors (Lipinski definition) is 10. The van der Waals surface area contributed by atoms with Gasteiger partial charge in [-0.3, -0.25) is 9.59 Å². The summed E-state index contributed by atoms with van der Waals surface area (Å²) < 4.78 is 16.7. The Balaban J connectivity index is 1.86. The predicted octanol–water partition coefficient (Wildman–Crippen LogP) is 21.6. The van der Waals surface area contributed by atoms with E-state index in [9.17, 15) is 35.1 Å². The van der Waals surface area contributed by atoms with Crippen LogP contribution in [0.1, 0.15) is 386 Å². The highest BCUT2D eigenvalue weighted by atomic mass is 16.7. The third-order valence-electron chi connectivity index (χ3n) is 18.8. The summed E-state index contributed by atoms with van der Waals surface area (Å²) in [6.07, 6.45) is 85.6. The van der Waals surface area contributed by atoms with Crippen molar-refractivity contribution in [2.24, 2.45) is 0 Å². The monoisotopic (exact) mass is 1310 g/mol. The van der Waals surface area contributed by atoms with Crippen molar-refractivity contribution in [3.8, 4) is 0 Å². The van der Waals surface area contributed by atoms with Crippen molar-refractivity contribution in [3.05, 3.63) is 60.8 Å². The van der Waals surface area contributed by atoms with Gasteiger partial charge in [-0.15, -0.1) is 0 Å². The first-order chi connectivity index (χ1) is 45.7. The van der Waals surface area contributed by atoms with E-state index in [1.54, 1.807) is 6.08 Å². The van der Waals surface area contributed by atoms with Gasteiger partial charge in [0.05, 0.1) is 32.0 Å². The van der Waals surface area contributed by atoms with Gasteiger partial charge < -0.3 is 45.1 Å². The zero-order valence-corrected chi connectivity index (χ0v) is 60.7. The van der Waals surface area contributed by atoms with Gasteiger partial charge in [-0.2, -0.15) is 0 Å². The summed E-state index contributed by atoms with van der Waals surface area (Å²) in [5.74, 6) is -0.171. The molecule has 7 atom stereocenters. The molecule has 1 heterocycles. The molecule has 1 aliphatic rings. The Hall–Kier alpha value is -2.64. The topological polar surface area (TPSA) is 175 Å². The molecule has 11 heteroatoms. The Bertz CT molecular complexity index is 1730. The fraction of sp³-hybridized carbons (Fsp3) is 0.854. The van der Waals surface area contributed by atoms with Gasteiger partial charge in [-0.1, -0.05) is 338 Å². The standard InChI is InChI=1S/C82H151NO10/c1-3-5-7-9-11-13-14-15-16-17-37-41-44-47-50-54-58-62-66-70-78(87)91-71-67-63-59-55-51-48-45-42-39-36-34-32-30-28-26-24-22-20-18-19-21-23-25-27-29-31-33-35-38-40-43-46-49-53-57-61-65-69-77(86)83-74(75(85)68-64-60-56-52-12-10-8-6-4-2)73-92-82-81(90)80(89)79(88)76(72-84)93-82/h11,13,15-16,18,20,24,26,64,68,74-76,79-82,84-85,88-90H,3-10,12,14,17,19,21-23,25,27-63,65-67,69-73H2,1-2H3,(H,83,86)/b13-11-,16-15-,20-18-,26-24-,68-64+. The van der Waals surface area contributed by atoms with Crippen LogP contribution in [0.5, 0.6) is 0 Å². The molecule has 1 fully saturated rings. The van der Waals surface area contributed by atoms with Crippen LogP contribution in [-0.2, 0) is 23.8 Å². The fourth-order valence-electron chi connectivity index (χ4n) is 12.6. The summed E-state index contributed by atoms with van der Waals surface area (Å²) >= 11 is 0. The SMILES string of the molecule is CCCCC/C=C\C/C=C\CCCCCCCCCCCC(=O)OCCCCCCCCCCCCCCC/C=C\C/C=C\CCCCCCCCCCCCCCCCCCCC(=O)NC(COC1OC(CO)C(O)C(O)C1O)C(O)/C=C/CCCCCCCCC. The van der Waals surface area contributed by atoms with Crippen molar-refractivity contribution >= 4 is 11.9 Å². The van der Waals surface area contributed by atoms with Crippen molar-refractivity contribution in [2.45, 2.75) is 429 Å². The zero-order chi connectivity index (χ0) is 67.2. The number of allylic oxidation sites excluding steroid dienone is 9. The van der Waals surface area contributed by atoms with E-state index in [0.717, 1.165) is 70.6 Å². The molecule has 0 aromatic rings. The number of rotatable bonds is 71. The van der Waals surface area contributed by atoms with Gasteiger partial charge in [0.2, 0.25) is 5.91 Å². The average Bonchev–Trinajstić information content (AvgIpc) is 0.878. The molecule has 6 N–H and O–H groups in total. The number of amides is 1. The first kappa shape index (κ1) is 88.4. The average molecular weight is 1310 g/mol. The van der Waals surface area contributed by atoms with E-state index in [1.165, 1.54) is 289 Å². The molecule has 1 amide bonds. The van der Waals surface area contributed by atoms with E-state index >= 15 is 0 Å². The number of ether oxygens (including phenoxy) is 3. The summed E-state index contributed by atoms with van der Waals surface area (Å²) in [7, 11) is 0. The molecule has 1 rings (SSSR count). The van der Waals surface area contributed by atoms with E-state index in [1.807, 2.05) is 6.08 Å². The minimum Gasteiger partial charge on any atom is -0.466 e. The molecule has 1 saturated heterocycles. The molecule has 1 aliphatic heterocycles. The number of unbranched alkanes of at least 4 members (excludes halogenated alkanes) is 49. The third-order valence-corrected chi connectivity index (χ3v) is 18.8. The number of hydrogen-bond donors (Lipinski definition) is 6. The lowest BCUT2D eigenvalue weighted by atomic mass is 9.99. The number of esters is 1. The number of aliphatic hydroxyl groups is 5. The molecule has 0 aromatic heterocycles. The van der Waals surface area contributed by atoms with Crippen LogP contribution in [0.2, 0.25) is 0 Å². The summed E-state index contributed by atoms with van der Waals surface area (Å²) in [5, 5.41) is 54.3. The molecule has 0 aromatic carbocycles. The second-order valence-corrected chi connectivity index (χ2v) is 27.8. The Kier molecular flexibility index (Phi) is 67.2. The highest BCUT2D eigenvalue weighted by Crippen LogP contribution is 2.24. The van der Waals surface area contributed by atoms with E-state index in [2.05, 4.69) is 67.8 Å². The molecule has 0 saturated carbocycles. The molecule has 544 valence electrons. The summed E-state index contributed by atoms with van der Waals surface area (Å²) in [4.78, 5) is 25.2. The Morgan fingerprint density at radius 2 is 0.720 bits per heavy atom. The van der Waals surface area contributed by atoms with Gasteiger partial charge in [-0.05, 0) is 96.3 Å². The summed E-state index contributed by atoms with van der Waals surface area (Å²) in [6, 6.07) is -0.807. The fourth-order valence-corrected chi connectivity index (χ4v) is 12.6. The molecular weight excluding hydrogens is 1160 g/mol. The van der Waals surface area contributed by atoms with Crippen LogP contribution in [0.15, 0.2) is 60.8 Å². The predicted molar refractivity (Wildman–Crippen MR) is 393 cm³/mol. The van der Waals surface area contributed by atoms with Crippen molar-refractivity contribution < 1.29 is 49.3 Å². The van der Waals surface area contributed by atoms with Crippen LogP contribution in [0.4, 0.5) is 0 Å². The lowest BCUT2D eigenvalue weighted by molar-refractivity contribution is -0.302.